The molecule has 1 amide bonds. The maximum absolute atomic E-state index is 12.5. The second-order valence-electron chi connectivity index (χ2n) is 6.22. The van der Waals surface area contributed by atoms with Gasteiger partial charge in [0.15, 0.2) is 5.69 Å². The van der Waals surface area contributed by atoms with Gasteiger partial charge in [0.25, 0.3) is 5.91 Å². The van der Waals surface area contributed by atoms with Crippen LogP contribution in [0.2, 0.25) is 0 Å². The lowest BCUT2D eigenvalue weighted by molar-refractivity contribution is 0.0905. The van der Waals surface area contributed by atoms with Crippen LogP contribution in [-0.2, 0) is 6.61 Å². The summed E-state index contributed by atoms with van der Waals surface area (Å²) in [5, 5.41) is 6.99. The lowest BCUT2D eigenvalue weighted by Crippen LogP contribution is -2.43. The maximum atomic E-state index is 12.5. The van der Waals surface area contributed by atoms with Crippen molar-refractivity contribution in [1.29, 1.82) is 0 Å². The van der Waals surface area contributed by atoms with Crippen LogP contribution in [0.25, 0.3) is 0 Å². The van der Waals surface area contributed by atoms with Crippen LogP contribution in [0.4, 0.5) is 0 Å². The molecule has 128 valence electrons. The van der Waals surface area contributed by atoms with E-state index in [1.54, 1.807) is 6.92 Å². The molecular formula is C18H23N3O3. The number of likely N-dealkylation sites (tertiary alicyclic amines) is 1. The van der Waals surface area contributed by atoms with Crippen molar-refractivity contribution in [3.05, 3.63) is 47.3 Å². The zero-order valence-corrected chi connectivity index (χ0v) is 14.1. The lowest BCUT2D eigenvalue weighted by Gasteiger charge is -2.29. The van der Waals surface area contributed by atoms with Crippen molar-refractivity contribution < 1.29 is 14.1 Å². The van der Waals surface area contributed by atoms with Crippen molar-refractivity contribution in [2.24, 2.45) is 0 Å². The van der Waals surface area contributed by atoms with E-state index in [-0.39, 0.29) is 18.6 Å². The number of aryl methyl sites for hydroxylation is 1. The molecule has 2 heterocycles. The van der Waals surface area contributed by atoms with Crippen molar-refractivity contribution in [3.8, 4) is 5.75 Å². The average molecular weight is 329 g/mol. The fourth-order valence-electron chi connectivity index (χ4n) is 2.82. The number of nitrogens with one attached hydrogen (secondary N) is 1. The van der Waals surface area contributed by atoms with Crippen molar-refractivity contribution in [1.82, 2.24) is 15.4 Å². The third kappa shape index (κ3) is 3.94. The van der Waals surface area contributed by atoms with Crippen molar-refractivity contribution >= 4 is 5.91 Å². The molecule has 0 saturated carbocycles. The van der Waals surface area contributed by atoms with Gasteiger partial charge in [-0.1, -0.05) is 23.4 Å². The Hall–Kier alpha value is -2.34. The number of aromatic nitrogens is 1. The molecule has 2 aromatic rings. The van der Waals surface area contributed by atoms with Crippen LogP contribution >= 0.6 is 0 Å². The quantitative estimate of drug-likeness (QED) is 0.912. The number of ether oxygens (including phenoxy) is 1. The summed E-state index contributed by atoms with van der Waals surface area (Å²) in [7, 11) is 2.10. The highest BCUT2D eigenvalue weighted by molar-refractivity contribution is 5.94. The highest BCUT2D eigenvalue weighted by Crippen LogP contribution is 2.18. The van der Waals surface area contributed by atoms with Gasteiger partial charge in [-0.25, -0.2) is 0 Å². The van der Waals surface area contributed by atoms with E-state index >= 15 is 0 Å². The topological polar surface area (TPSA) is 67.6 Å². The first kappa shape index (κ1) is 16.5. The van der Waals surface area contributed by atoms with E-state index in [4.69, 9.17) is 9.26 Å². The summed E-state index contributed by atoms with van der Waals surface area (Å²) in [6, 6.07) is 9.68. The number of amides is 1. The molecule has 1 N–H and O–H groups in total. The summed E-state index contributed by atoms with van der Waals surface area (Å²) in [6.45, 7) is 4.04. The van der Waals surface area contributed by atoms with Crippen LogP contribution in [0.15, 0.2) is 34.9 Å². The van der Waals surface area contributed by atoms with Crippen LogP contribution < -0.4 is 10.1 Å². The van der Waals surface area contributed by atoms with E-state index in [2.05, 4.69) is 22.4 Å². The number of carbonyl (C=O) groups excluding carboxylic acids is 1. The van der Waals surface area contributed by atoms with Crippen LogP contribution in [0, 0.1) is 6.92 Å². The second kappa shape index (κ2) is 7.49. The van der Waals surface area contributed by atoms with Crippen molar-refractivity contribution in [2.75, 3.05) is 20.1 Å². The fraction of sp³-hybridized carbons (Fsp3) is 0.444. The van der Waals surface area contributed by atoms with Gasteiger partial charge in [0.2, 0.25) is 0 Å². The minimum absolute atomic E-state index is 0.187. The SMILES string of the molecule is Cc1onc(C(=O)NC2CCN(C)CC2)c1COc1ccccc1. The van der Waals surface area contributed by atoms with Crippen LogP contribution in [0.1, 0.15) is 34.7 Å². The zero-order valence-electron chi connectivity index (χ0n) is 14.1. The summed E-state index contributed by atoms with van der Waals surface area (Å²) in [5.41, 5.74) is 1.02. The number of rotatable bonds is 5. The third-order valence-corrected chi connectivity index (χ3v) is 4.38. The minimum atomic E-state index is -0.187. The summed E-state index contributed by atoms with van der Waals surface area (Å²) in [6.07, 6.45) is 1.91. The first-order chi connectivity index (χ1) is 11.6. The standard InChI is InChI=1S/C18H23N3O3/c1-13-16(12-23-15-6-4-3-5-7-15)17(20-24-13)18(22)19-14-8-10-21(2)11-9-14/h3-7,14H,8-12H2,1-2H3,(H,19,22). The molecule has 6 heteroatoms. The van der Waals surface area contributed by atoms with Gasteiger partial charge in [-0.2, -0.15) is 0 Å². The van der Waals surface area contributed by atoms with Gasteiger partial charge in [-0.05, 0) is 52.0 Å². The molecule has 1 aliphatic rings. The van der Waals surface area contributed by atoms with E-state index < -0.39 is 0 Å². The molecule has 0 bridgehead atoms. The smallest absolute Gasteiger partial charge is 0.274 e. The first-order valence-electron chi connectivity index (χ1n) is 8.26. The van der Waals surface area contributed by atoms with Gasteiger partial charge in [-0.3, -0.25) is 4.79 Å². The molecule has 0 aliphatic carbocycles. The normalized spacial score (nSPS) is 16.1. The number of hydrogen-bond donors (Lipinski definition) is 1. The largest absolute Gasteiger partial charge is 0.489 e. The number of piperidine rings is 1. The maximum Gasteiger partial charge on any atom is 0.274 e. The van der Waals surface area contributed by atoms with Crippen LogP contribution in [0.3, 0.4) is 0 Å². The minimum Gasteiger partial charge on any atom is -0.489 e. The van der Waals surface area contributed by atoms with Crippen LogP contribution in [-0.4, -0.2) is 42.1 Å². The first-order valence-corrected chi connectivity index (χ1v) is 8.26. The Kier molecular flexibility index (Phi) is 5.15. The molecule has 1 fully saturated rings. The molecule has 0 spiro atoms. The molecule has 1 saturated heterocycles. The van der Waals surface area contributed by atoms with Crippen molar-refractivity contribution in [2.45, 2.75) is 32.4 Å². The number of nitrogens with zero attached hydrogens (tertiary/aromatic N) is 2. The Morgan fingerprint density at radius 2 is 2.04 bits per heavy atom. The van der Waals surface area contributed by atoms with E-state index in [0.717, 1.165) is 31.7 Å². The predicted molar refractivity (Wildman–Crippen MR) is 90.0 cm³/mol. The Balaban J connectivity index is 1.64. The van der Waals surface area contributed by atoms with E-state index in [1.807, 2.05) is 30.3 Å². The Bertz CT molecular complexity index is 676. The predicted octanol–water partition coefficient (Wildman–Crippen LogP) is 2.39. The molecule has 0 unspecified atom stereocenters. The summed E-state index contributed by atoms with van der Waals surface area (Å²) in [5.74, 6) is 1.17. The molecule has 1 aliphatic heterocycles. The number of carbonyl (C=O) groups is 1. The van der Waals surface area contributed by atoms with Gasteiger partial charge in [0, 0.05) is 6.04 Å². The fourth-order valence-corrected chi connectivity index (χ4v) is 2.82. The second-order valence-corrected chi connectivity index (χ2v) is 6.22. The van der Waals surface area contributed by atoms with E-state index in [1.165, 1.54) is 0 Å². The molecule has 0 atom stereocenters. The Morgan fingerprint density at radius 1 is 1.33 bits per heavy atom. The molecular weight excluding hydrogens is 306 g/mol. The van der Waals surface area contributed by atoms with Gasteiger partial charge in [0.1, 0.15) is 18.1 Å². The zero-order chi connectivity index (χ0) is 16.9. The number of benzene rings is 1. The van der Waals surface area contributed by atoms with Gasteiger partial charge in [-0.15, -0.1) is 0 Å². The van der Waals surface area contributed by atoms with Gasteiger partial charge < -0.3 is 19.5 Å². The van der Waals surface area contributed by atoms with E-state index in [0.29, 0.717) is 17.0 Å². The number of para-hydroxylation sites is 1. The average Bonchev–Trinajstić information content (AvgIpc) is 2.97. The third-order valence-electron chi connectivity index (χ3n) is 4.38. The lowest BCUT2D eigenvalue weighted by atomic mass is 10.1. The highest BCUT2D eigenvalue weighted by Gasteiger charge is 2.24. The molecule has 1 aromatic heterocycles. The van der Waals surface area contributed by atoms with E-state index in [9.17, 15) is 4.79 Å². The van der Waals surface area contributed by atoms with Gasteiger partial charge >= 0.3 is 0 Å². The summed E-state index contributed by atoms with van der Waals surface area (Å²) in [4.78, 5) is 14.8. The Morgan fingerprint density at radius 3 is 2.75 bits per heavy atom. The summed E-state index contributed by atoms with van der Waals surface area (Å²) >= 11 is 0. The molecule has 0 radical (unpaired) electrons. The van der Waals surface area contributed by atoms with Gasteiger partial charge in [0.05, 0.1) is 5.56 Å². The molecule has 1 aromatic carbocycles. The Labute approximate surface area is 141 Å². The summed E-state index contributed by atoms with van der Waals surface area (Å²) < 4.78 is 11.0. The molecule has 24 heavy (non-hydrogen) atoms. The number of hydrogen-bond acceptors (Lipinski definition) is 5. The van der Waals surface area contributed by atoms with Crippen molar-refractivity contribution in [3.63, 3.8) is 0 Å². The van der Waals surface area contributed by atoms with Crippen LogP contribution in [0.5, 0.6) is 5.75 Å². The molecule has 3 rings (SSSR count). The molecule has 6 nitrogen and oxygen atoms in total. The monoisotopic (exact) mass is 329 g/mol. The highest BCUT2D eigenvalue weighted by atomic mass is 16.5.